The van der Waals surface area contributed by atoms with Crippen LogP contribution in [0.15, 0.2) is 30.7 Å². The standard InChI is InChI=1S/C13H17ClN4O/c1-18-7-12(16-8-18)11(17-15)6-9-5-10(14)3-4-13(9)19-2/h3-5,7-8,11,17H,6,15H2,1-2H3. The molecule has 0 aliphatic carbocycles. The van der Waals surface area contributed by atoms with Gasteiger partial charge >= 0.3 is 0 Å². The molecule has 0 saturated carbocycles. The van der Waals surface area contributed by atoms with E-state index in [0.717, 1.165) is 17.0 Å². The zero-order valence-corrected chi connectivity index (χ0v) is 11.7. The van der Waals surface area contributed by atoms with Crippen LogP contribution in [0.3, 0.4) is 0 Å². The normalized spacial score (nSPS) is 12.4. The van der Waals surface area contributed by atoms with Gasteiger partial charge in [0.2, 0.25) is 0 Å². The number of aryl methyl sites for hydroxylation is 1. The maximum Gasteiger partial charge on any atom is 0.122 e. The van der Waals surface area contributed by atoms with E-state index in [0.29, 0.717) is 11.4 Å². The van der Waals surface area contributed by atoms with Crippen molar-refractivity contribution in [1.29, 1.82) is 0 Å². The van der Waals surface area contributed by atoms with E-state index in [-0.39, 0.29) is 6.04 Å². The fourth-order valence-electron chi connectivity index (χ4n) is 1.99. The molecule has 3 N–H and O–H groups in total. The highest BCUT2D eigenvalue weighted by Gasteiger charge is 2.16. The van der Waals surface area contributed by atoms with Crippen LogP contribution in [-0.2, 0) is 13.5 Å². The van der Waals surface area contributed by atoms with E-state index in [9.17, 15) is 0 Å². The molecular weight excluding hydrogens is 264 g/mol. The lowest BCUT2D eigenvalue weighted by Crippen LogP contribution is -2.30. The lowest BCUT2D eigenvalue weighted by atomic mass is 10.0. The van der Waals surface area contributed by atoms with Crippen molar-refractivity contribution in [2.24, 2.45) is 12.9 Å². The molecule has 2 rings (SSSR count). The number of hydrogen-bond donors (Lipinski definition) is 2. The number of hydrazine groups is 1. The Balaban J connectivity index is 2.25. The largest absolute Gasteiger partial charge is 0.496 e. The Hall–Kier alpha value is -1.56. The molecule has 2 aromatic rings. The van der Waals surface area contributed by atoms with Crippen molar-refractivity contribution in [2.45, 2.75) is 12.5 Å². The topological polar surface area (TPSA) is 65.1 Å². The molecular formula is C13H17ClN4O. The first-order valence-electron chi connectivity index (χ1n) is 5.90. The van der Waals surface area contributed by atoms with Gasteiger partial charge in [0.1, 0.15) is 5.75 Å². The highest BCUT2D eigenvalue weighted by atomic mass is 35.5. The second-order valence-electron chi connectivity index (χ2n) is 4.34. The van der Waals surface area contributed by atoms with E-state index in [4.69, 9.17) is 22.2 Å². The third kappa shape index (κ3) is 3.26. The quantitative estimate of drug-likeness (QED) is 0.648. The lowest BCUT2D eigenvalue weighted by Gasteiger charge is -2.16. The van der Waals surface area contributed by atoms with Crippen LogP contribution in [-0.4, -0.2) is 16.7 Å². The van der Waals surface area contributed by atoms with E-state index >= 15 is 0 Å². The zero-order valence-electron chi connectivity index (χ0n) is 10.9. The molecule has 1 unspecified atom stereocenters. The number of methoxy groups -OCH3 is 1. The third-order valence-corrected chi connectivity index (χ3v) is 3.18. The van der Waals surface area contributed by atoms with Crippen molar-refractivity contribution in [3.63, 3.8) is 0 Å². The summed E-state index contributed by atoms with van der Waals surface area (Å²) in [5.74, 6) is 6.41. The predicted molar refractivity (Wildman–Crippen MR) is 75.0 cm³/mol. The minimum absolute atomic E-state index is 0.0893. The summed E-state index contributed by atoms with van der Waals surface area (Å²) < 4.78 is 7.22. The summed E-state index contributed by atoms with van der Waals surface area (Å²) in [5, 5.41) is 0.674. The lowest BCUT2D eigenvalue weighted by molar-refractivity contribution is 0.405. The Morgan fingerprint density at radius 2 is 2.32 bits per heavy atom. The van der Waals surface area contributed by atoms with Crippen molar-refractivity contribution < 1.29 is 4.74 Å². The van der Waals surface area contributed by atoms with Gasteiger partial charge < -0.3 is 9.30 Å². The summed E-state index contributed by atoms with van der Waals surface area (Å²) in [6, 6.07) is 5.45. The van der Waals surface area contributed by atoms with Gasteiger partial charge in [-0.3, -0.25) is 11.3 Å². The van der Waals surface area contributed by atoms with Gasteiger partial charge in [0.05, 0.1) is 25.2 Å². The maximum absolute atomic E-state index is 6.02. The van der Waals surface area contributed by atoms with Gasteiger partial charge in [0.25, 0.3) is 0 Å². The number of imidazole rings is 1. The fraction of sp³-hybridized carbons (Fsp3) is 0.308. The fourth-order valence-corrected chi connectivity index (χ4v) is 2.18. The van der Waals surface area contributed by atoms with Crippen molar-refractivity contribution in [1.82, 2.24) is 15.0 Å². The summed E-state index contributed by atoms with van der Waals surface area (Å²) in [6.07, 6.45) is 4.33. The van der Waals surface area contributed by atoms with Gasteiger partial charge in [0, 0.05) is 18.3 Å². The predicted octanol–water partition coefficient (Wildman–Crippen LogP) is 1.83. The number of aromatic nitrogens is 2. The van der Waals surface area contributed by atoms with Crippen molar-refractivity contribution in [3.05, 3.63) is 47.0 Å². The third-order valence-electron chi connectivity index (χ3n) is 2.95. The van der Waals surface area contributed by atoms with E-state index in [1.807, 2.05) is 29.9 Å². The minimum atomic E-state index is -0.0893. The Morgan fingerprint density at radius 3 is 2.89 bits per heavy atom. The van der Waals surface area contributed by atoms with Gasteiger partial charge in [-0.25, -0.2) is 4.98 Å². The SMILES string of the molecule is COc1ccc(Cl)cc1CC(NN)c1cn(C)cn1. The maximum atomic E-state index is 6.02. The number of nitrogens with one attached hydrogen (secondary N) is 1. The molecule has 19 heavy (non-hydrogen) atoms. The number of benzene rings is 1. The molecule has 102 valence electrons. The molecule has 0 saturated heterocycles. The van der Waals surface area contributed by atoms with Crippen LogP contribution in [0.2, 0.25) is 5.02 Å². The molecule has 6 heteroatoms. The molecule has 0 spiro atoms. The van der Waals surface area contributed by atoms with Crippen LogP contribution in [0.25, 0.3) is 0 Å². The summed E-state index contributed by atoms with van der Waals surface area (Å²) in [4.78, 5) is 4.31. The minimum Gasteiger partial charge on any atom is -0.496 e. The van der Waals surface area contributed by atoms with Crippen LogP contribution < -0.4 is 16.0 Å². The van der Waals surface area contributed by atoms with E-state index in [2.05, 4.69) is 10.4 Å². The van der Waals surface area contributed by atoms with Crippen LogP contribution in [0, 0.1) is 0 Å². The average molecular weight is 281 g/mol. The molecule has 1 heterocycles. The number of ether oxygens (including phenoxy) is 1. The Bertz CT molecular complexity index is 555. The smallest absolute Gasteiger partial charge is 0.122 e. The first-order chi connectivity index (χ1) is 9.13. The summed E-state index contributed by atoms with van der Waals surface area (Å²) in [7, 11) is 3.56. The van der Waals surface area contributed by atoms with E-state index in [1.165, 1.54) is 0 Å². The van der Waals surface area contributed by atoms with Crippen LogP contribution in [0.1, 0.15) is 17.3 Å². The summed E-state index contributed by atoms with van der Waals surface area (Å²) in [6.45, 7) is 0. The first kappa shape index (κ1) is 13.9. The monoisotopic (exact) mass is 280 g/mol. The second kappa shape index (κ2) is 6.06. The van der Waals surface area contributed by atoms with Gasteiger partial charge in [-0.15, -0.1) is 0 Å². The number of nitrogens with zero attached hydrogens (tertiary/aromatic N) is 2. The molecule has 1 aromatic heterocycles. The number of halogens is 1. The number of nitrogens with two attached hydrogens (primary N) is 1. The van der Waals surface area contributed by atoms with Crippen LogP contribution >= 0.6 is 11.6 Å². The van der Waals surface area contributed by atoms with Crippen molar-refractivity contribution >= 4 is 11.6 Å². The summed E-state index contributed by atoms with van der Waals surface area (Å²) in [5.41, 5.74) is 4.65. The first-order valence-corrected chi connectivity index (χ1v) is 6.28. The number of rotatable bonds is 5. The van der Waals surface area contributed by atoms with Crippen molar-refractivity contribution in [2.75, 3.05) is 7.11 Å². The molecule has 5 nitrogen and oxygen atoms in total. The second-order valence-corrected chi connectivity index (χ2v) is 4.78. The zero-order chi connectivity index (χ0) is 13.8. The van der Waals surface area contributed by atoms with Gasteiger partial charge in [0.15, 0.2) is 0 Å². The average Bonchev–Trinajstić information content (AvgIpc) is 2.82. The van der Waals surface area contributed by atoms with Gasteiger partial charge in [-0.05, 0) is 30.2 Å². The highest BCUT2D eigenvalue weighted by Crippen LogP contribution is 2.27. The molecule has 0 amide bonds. The molecule has 0 aliphatic rings. The Labute approximate surface area is 117 Å². The van der Waals surface area contributed by atoms with E-state index in [1.54, 1.807) is 19.5 Å². The molecule has 0 aliphatic heterocycles. The van der Waals surface area contributed by atoms with E-state index < -0.39 is 0 Å². The molecule has 0 radical (unpaired) electrons. The van der Waals surface area contributed by atoms with Crippen molar-refractivity contribution in [3.8, 4) is 5.75 Å². The van der Waals surface area contributed by atoms with Crippen LogP contribution in [0.4, 0.5) is 0 Å². The van der Waals surface area contributed by atoms with Gasteiger partial charge in [-0.1, -0.05) is 11.6 Å². The van der Waals surface area contributed by atoms with Crippen LogP contribution in [0.5, 0.6) is 5.75 Å². The molecule has 0 bridgehead atoms. The Kier molecular flexibility index (Phi) is 4.42. The molecule has 1 atom stereocenters. The molecule has 0 fully saturated rings. The van der Waals surface area contributed by atoms with Gasteiger partial charge in [-0.2, -0.15) is 0 Å². The highest BCUT2D eigenvalue weighted by molar-refractivity contribution is 6.30. The number of hydrogen-bond acceptors (Lipinski definition) is 4. The Morgan fingerprint density at radius 1 is 1.53 bits per heavy atom. The molecule has 1 aromatic carbocycles. The summed E-state index contributed by atoms with van der Waals surface area (Å²) >= 11 is 6.02.